The summed E-state index contributed by atoms with van der Waals surface area (Å²) in [7, 11) is 0. The predicted octanol–water partition coefficient (Wildman–Crippen LogP) is 2.30. The summed E-state index contributed by atoms with van der Waals surface area (Å²) in [5.41, 5.74) is 0.598. The summed E-state index contributed by atoms with van der Waals surface area (Å²) < 4.78 is 5.77. The molecular formula is C16H26N2O2. The van der Waals surface area contributed by atoms with Gasteiger partial charge >= 0.3 is 0 Å². The van der Waals surface area contributed by atoms with Gasteiger partial charge in [-0.1, -0.05) is 19.9 Å². The van der Waals surface area contributed by atoms with Crippen LogP contribution in [-0.2, 0) is 4.74 Å². The lowest BCUT2D eigenvalue weighted by atomic mass is 9.54. The van der Waals surface area contributed by atoms with Gasteiger partial charge in [0.25, 0.3) is 0 Å². The molecule has 20 heavy (non-hydrogen) atoms. The van der Waals surface area contributed by atoms with Crippen molar-refractivity contribution in [3.63, 3.8) is 0 Å². The van der Waals surface area contributed by atoms with Crippen molar-refractivity contribution in [3.05, 3.63) is 30.1 Å². The van der Waals surface area contributed by atoms with Crippen molar-refractivity contribution in [2.24, 2.45) is 5.41 Å². The van der Waals surface area contributed by atoms with Crippen molar-refractivity contribution >= 4 is 0 Å². The minimum absolute atomic E-state index is 0.0964. The molecule has 1 aliphatic carbocycles. The average molecular weight is 278 g/mol. The smallest absolute Gasteiger partial charge is 0.0663 e. The van der Waals surface area contributed by atoms with E-state index in [0.29, 0.717) is 6.61 Å². The zero-order valence-corrected chi connectivity index (χ0v) is 12.9. The zero-order chi connectivity index (χ0) is 14.8. The first kappa shape index (κ1) is 15.4. The Bertz CT molecular complexity index is 435. The van der Waals surface area contributed by atoms with Crippen LogP contribution < -0.4 is 5.32 Å². The molecule has 0 radical (unpaired) electrons. The molecule has 0 unspecified atom stereocenters. The lowest BCUT2D eigenvalue weighted by Gasteiger charge is -2.61. The number of nitrogens with zero attached hydrogens (tertiary/aromatic N) is 1. The van der Waals surface area contributed by atoms with Crippen LogP contribution in [0, 0.1) is 5.41 Å². The highest BCUT2D eigenvalue weighted by atomic mass is 16.5. The number of aliphatic hydroxyl groups excluding tert-OH is 1. The Morgan fingerprint density at radius 2 is 2.25 bits per heavy atom. The van der Waals surface area contributed by atoms with Gasteiger partial charge in [-0.05, 0) is 32.4 Å². The maximum Gasteiger partial charge on any atom is 0.0663 e. The maximum absolute atomic E-state index is 9.92. The van der Waals surface area contributed by atoms with Crippen molar-refractivity contribution in [3.8, 4) is 0 Å². The molecule has 4 nitrogen and oxygen atoms in total. The number of aliphatic hydroxyl groups is 1. The van der Waals surface area contributed by atoms with Crippen LogP contribution in [0.2, 0.25) is 0 Å². The Kier molecular flexibility index (Phi) is 4.47. The largest absolute Gasteiger partial charge is 0.394 e. The number of hydrogen-bond acceptors (Lipinski definition) is 4. The van der Waals surface area contributed by atoms with Crippen molar-refractivity contribution < 1.29 is 9.84 Å². The second kappa shape index (κ2) is 5.80. The van der Waals surface area contributed by atoms with Crippen molar-refractivity contribution in [1.82, 2.24) is 10.3 Å². The van der Waals surface area contributed by atoms with Crippen LogP contribution in [-0.4, -0.2) is 34.9 Å². The topological polar surface area (TPSA) is 54.4 Å². The summed E-state index contributed by atoms with van der Waals surface area (Å²) in [6.07, 6.45) is 2.83. The van der Waals surface area contributed by atoms with E-state index in [-0.39, 0.29) is 29.7 Å². The molecular weight excluding hydrogens is 252 g/mol. The molecule has 0 aliphatic heterocycles. The number of pyridine rings is 1. The normalized spacial score (nSPS) is 29.8. The van der Waals surface area contributed by atoms with Gasteiger partial charge in [-0.25, -0.2) is 0 Å². The van der Waals surface area contributed by atoms with Crippen molar-refractivity contribution in [2.75, 3.05) is 13.2 Å². The van der Waals surface area contributed by atoms with E-state index in [1.807, 2.05) is 25.1 Å². The van der Waals surface area contributed by atoms with E-state index in [1.54, 1.807) is 6.20 Å². The van der Waals surface area contributed by atoms with Crippen molar-refractivity contribution in [1.29, 1.82) is 0 Å². The SMILES string of the molecule is CCO[C@@H]1C[C@@](CO)(N[C@H](C)c2ccccn2)C1(C)C. The molecule has 2 rings (SSSR count). The molecule has 0 saturated heterocycles. The van der Waals surface area contributed by atoms with Crippen LogP contribution in [0.1, 0.15) is 45.9 Å². The third-order valence-corrected chi connectivity index (χ3v) is 4.83. The molecule has 0 spiro atoms. The fourth-order valence-corrected chi connectivity index (χ4v) is 3.16. The lowest BCUT2D eigenvalue weighted by molar-refractivity contribution is -0.180. The van der Waals surface area contributed by atoms with E-state index in [4.69, 9.17) is 4.74 Å². The Balaban J connectivity index is 2.10. The van der Waals surface area contributed by atoms with Gasteiger partial charge in [0.15, 0.2) is 0 Å². The minimum atomic E-state index is -0.302. The van der Waals surface area contributed by atoms with Gasteiger partial charge < -0.3 is 15.2 Å². The first-order valence-electron chi connectivity index (χ1n) is 7.38. The number of aromatic nitrogens is 1. The highest BCUT2D eigenvalue weighted by molar-refractivity contribution is 5.18. The fraction of sp³-hybridized carbons (Fsp3) is 0.688. The minimum Gasteiger partial charge on any atom is -0.394 e. The molecule has 1 heterocycles. The number of nitrogens with one attached hydrogen (secondary N) is 1. The van der Waals surface area contributed by atoms with Gasteiger partial charge in [0.2, 0.25) is 0 Å². The number of rotatable bonds is 6. The summed E-state index contributed by atoms with van der Waals surface area (Å²) in [6, 6.07) is 6.01. The zero-order valence-electron chi connectivity index (χ0n) is 12.9. The molecule has 0 aromatic carbocycles. The van der Waals surface area contributed by atoms with E-state index in [9.17, 15) is 5.11 Å². The Labute approximate surface area is 121 Å². The molecule has 1 aromatic heterocycles. The van der Waals surface area contributed by atoms with Crippen molar-refractivity contribution in [2.45, 2.75) is 51.8 Å². The van der Waals surface area contributed by atoms with Crippen LogP contribution in [0.4, 0.5) is 0 Å². The van der Waals surface area contributed by atoms with E-state index in [2.05, 4.69) is 31.1 Å². The summed E-state index contributed by atoms with van der Waals surface area (Å²) in [5, 5.41) is 13.5. The van der Waals surface area contributed by atoms with Gasteiger partial charge in [0.1, 0.15) is 0 Å². The van der Waals surface area contributed by atoms with E-state index in [1.165, 1.54) is 0 Å². The number of ether oxygens (including phenoxy) is 1. The second-order valence-corrected chi connectivity index (χ2v) is 6.23. The molecule has 1 saturated carbocycles. The van der Waals surface area contributed by atoms with Gasteiger partial charge in [0, 0.05) is 24.3 Å². The number of hydrogen-bond donors (Lipinski definition) is 2. The van der Waals surface area contributed by atoms with Crippen LogP contribution in [0.3, 0.4) is 0 Å². The summed E-state index contributed by atoms with van der Waals surface area (Å²) >= 11 is 0. The van der Waals surface area contributed by atoms with Gasteiger partial charge in [-0.2, -0.15) is 0 Å². The molecule has 112 valence electrons. The fourth-order valence-electron chi connectivity index (χ4n) is 3.16. The average Bonchev–Trinajstić information content (AvgIpc) is 2.46. The van der Waals surface area contributed by atoms with Crippen LogP contribution in [0.15, 0.2) is 24.4 Å². The molecule has 2 N–H and O–H groups in total. The van der Waals surface area contributed by atoms with E-state index >= 15 is 0 Å². The van der Waals surface area contributed by atoms with Gasteiger partial charge in [-0.15, -0.1) is 0 Å². The second-order valence-electron chi connectivity index (χ2n) is 6.23. The molecule has 3 atom stereocenters. The lowest BCUT2D eigenvalue weighted by Crippen LogP contribution is -2.73. The Hall–Kier alpha value is -0.970. The molecule has 4 heteroatoms. The summed E-state index contributed by atoms with van der Waals surface area (Å²) in [6.45, 7) is 9.24. The first-order chi connectivity index (χ1) is 9.47. The van der Waals surface area contributed by atoms with Crippen LogP contribution in [0.25, 0.3) is 0 Å². The third kappa shape index (κ3) is 2.48. The first-order valence-corrected chi connectivity index (χ1v) is 7.38. The molecule has 1 aromatic rings. The van der Waals surface area contributed by atoms with Gasteiger partial charge in [-0.3, -0.25) is 4.98 Å². The molecule has 1 aliphatic rings. The predicted molar refractivity (Wildman–Crippen MR) is 79.4 cm³/mol. The Morgan fingerprint density at radius 3 is 2.75 bits per heavy atom. The highest BCUT2D eigenvalue weighted by Gasteiger charge is 2.60. The standard InChI is InChI=1S/C16H26N2O2/c1-5-20-14-10-16(11-19,15(14,3)4)18-12(2)13-8-6-7-9-17-13/h6-9,12,14,18-19H,5,10-11H2,1-4H3/t12-,14-,16+/m1/s1. The van der Waals surface area contributed by atoms with Crippen LogP contribution >= 0.6 is 0 Å². The molecule has 0 bridgehead atoms. The van der Waals surface area contributed by atoms with Gasteiger partial charge in [0.05, 0.1) is 23.9 Å². The summed E-state index contributed by atoms with van der Waals surface area (Å²) in [5.74, 6) is 0. The monoisotopic (exact) mass is 278 g/mol. The quantitative estimate of drug-likeness (QED) is 0.838. The molecule has 1 fully saturated rings. The maximum atomic E-state index is 9.92. The van der Waals surface area contributed by atoms with Crippen LogP contribution in [0.5, 0.6) is 0 Å². The highest BCUT2D eigenvalue weighted by Crippen LogP contribution is 2.51. The van der Waals surface area contributed by atoms with E-state index in [0.717, 1.165) is 12.1 Å². The molecule has 0 amide bonds. The summed E-state index contributed by atoms with van der Waals surface area (Å²) in [4.78, 5) is 4.38. The third-order valence-electron chi connectivity index (χ3n) is 4.83. The van der Waals surface area contributed by atoms with E-state index < -0.39 is 0 Å². The Morgan fingerprint density at radius 1 is 1.50 bits per heavy atom.